The van der Waals surface area contributed by atoms with E-state index in [0.717, 1.165) is 27.6 Å². The van der Waals surface area contributed by atoms with Crippen LogP contribution in [0, 0.1) is 13.8 Å². The van der Waals surface area contributed by atoms with Gasteiger partial charge in [-0.05, 0) is 43.7 Å². The summed E-state index contributed by atoms with van der Waals surface area (Å²) in [5.74, 6) is 1.94. The number of amides is 1. The van der Waals surface area contributed by atoms with E-state index in [-0.39, 0.29) is 19.0 Å². The Morgan fingerprint density at radius 1 is 1.03 bits per heavy atom. The Hall–Kier alpha value is -3.90. The molecule has 2 aliphatic heterocycles. The van der Waals surface area contributed by atoms with Crippen molar-refractivity contribution in [2.45, 2.75) is 13.8 Å². The molecule has 11 nitrogen and oxygen atoms in total. The number of methoxy groups -OCH3 is 1. The number of nitrogens with zero attached hydrogens (tertiary/aromatic N) is 4. The monoisotopic (exact) mass is 551 g/mol. The number of ether oxygens (including phenoxy) is 3. The van der Waals surface area contributed by atoms with Gasteiger partial charge in [-0.15, -0.1) is 0 Å². The van der Waals surface area contributed by atoms with E-state index in [1.807, 2.05) is 32.0 Å². The molecule has 1 amide bonds. The second kappa shape index (κ2) is 9.38. The first-order valence-electron chi connectivity index (χ1n) is 12.7. The minimum Gasteiger partial charge on any atom is -0.496 e. The SMILES string of the molecule is COc1cc2c(cc1C)[nH]c1nc(C)nc(-c3ccc(C(=O)N4CCN(S(C)(=O)=O)CC4)c4c3OCCO4)c12. The largest absolute Gasteiger partial charge is 0.496 e. The van der Waals surface area contributed by atoms with Crippen molar-refractivity contribution in [1.29, 1.82) is 0 Å². The minimum absolute atomic E-state index is 0.229. The normalized spacial score (nSPS) is 16.2. The van der Waals surface area contributed by atoms with Gasteiger partial charge < -0.3 is 24.1 Å². The zero-order valence-corrected chi connectivity index (χ0v) is 23.0. The van der Waals surface area contributed by atoms with Gasteiger partial charge in [-0.2, -0.15) is 4.31 Å². The molecule has 1 fully saturated rings. The Balaban J connectivity index is 1.46. The van der Waals surface area contributed by atoms with Gasteiger partial charge in [0, 0.05) is 42.6 Å². The van der Waals surface area contributed by atoms with Crippen molar-refractivity contribution in [3.63, 3.8) is 0 Å². The second-order valence-corrected chi connectivity index (χ2v) is 11.8. The van der Waals surface area contributed by atoms with E-state index in [1.165, 1.54) is 10.6 Å². The summed E-state index contributed by atoms with van der Waals surface area (Å²) in [7, 11) is -1.66. The first-order chi connectivity index (χ1) is 18.7. The predicted molar refractivity (Wildman–Crippen MR) is 146 cm³/mol. The number of benzene rings is 2. The number of fused-ring (bicyclic) bond motifs is 4. The Kier molecular flexibility index (Phi) is 6.11. The fourth-order valence-electron chi connectivity index (χ4n) is 5.34. The smallest absolute Gasteiger partial charge is 0.257 e. The molecule has 12 heteroatoms. The summed E-state index contributed by atoms with van der Waals surface area (Å²) in [4.78, 5) is 28.1. The van der Waals surface area contributed by atoms with Crippen LogP contribution in [0.4, 0.5) is 0 Å². The number of hydrogen-bond donors (Lipinski definition) is 1. The molecule has 2 aromatic heterocycles. The van der Waals surface area contributed by atoms with Crippen LogP contribution in [-0.2, 0) is 10.0 Å². The predicted octanol–water partition coefficient (Wildman–Crippen LogP) is 2.89. The highest BCUT2D eigenvalue weighted by atomic mass is 32.2. The lowest BCUT2D eigenvalue weighted by atomic mass is 10.0. The molecule has 0 bridgehead atoms. The molecule has 6 rings (SSSR count). The van der Waals surface area contributed by atoms with E-state index in [4.69, 9.17) is 19.2 Å². The third-order valence-corrected chi connectivity index (χ3v) is 8.55. The summed E-state index contributed by atoms with van der Waals surface area (Å²) in [6, 6.07) is 7.56. The quantitative estimate of drug-likeness (QED) is 0.410. The fourth-order valence-corrected chi connectivity index (χ4v) is 6.17. The van der Waals surface area contributed by atoms with Crippen molar-refractivity contribution >= 4 is 37.9 Å². The third kappa shape index (κ3) is 4.33. The number of nitrogens with one attached hydrogen (secondary N) is 1. The molecule has 2 aromatic carbocycles. The van der Waals surface area contributed by atoms with E-state index in [0.29, 0.717) is 66.1 Å². The average Bonchev–Trinajstić information content (AvgIpc) is 3.27. The lowest BCUT2D eigenvalue weighted by Gasteiger charge is -2.34. The van der Waals surface area contributed by atoms with Crippen molar-refractivity contribution in [1.82, 2.24) is 24.2 Å². The van der Waals surface area contributed by atoms with Gasteiger partial charge in [0.2, 0.25) is 10.0 Å². The molecule has 0 atom stereocenters. The number of aryl methyl sites for hydroxylation is 2. The van der Waals surface area contributed by atoms with Gasteiger partial charge in [0.15, 0.2) is 11.5 Å². The first kappa shape index (κ1) is 25.4. The average molecular weight is 552 g/mol. The molecule has 4 heterocycles. The second-order valence-electron chi connectivity index (χ2n) is 9.81. The number of carbonyl (C=O) groups is 1. The van der Waals surface area contributed by atoms with Gasteiger partial charge >= 0.3 is 0 Å². The molecule has 204 valence electrons. The van der Waals surface area contributed by atoms with Gasteiger partial charge in [-0.1, -0.05) is 0 Å². The van der Waals surface area contributed by atoms with Crippen LogP contribution in [0.1, 0.15) is 21.7 Å². The molecule has 4 aromatic rings. The van der Waals surface area contributed by atoms with Gasteiger partial charge in [0.25, 0.3) is 5.91 Å². The number of aromatic amines is 1. The molecule has 0 unspecified atom stereocenters. The summed E-state index contributed by atoms with van der Waals surface area (Å²) in [6.45, 7) is 5.56. The maximum atomic E-state index is 13.6. The highest BCUT2D eigenvalue weighted by Crippen LogP contribution is 2.45. The van der Waals surface area contributed by atoms with Crippen molar-refractivity contribution in [2.75, 3.05) is 52.8 Å². The van der Waals surface area contributed by atoms with E-state index in [1.54, 1.807) is 18.1 Å². The Morgan fingerprint density at radius 2 is 1.74 bits per heavy atom. The number of aromatic nitrogens is 3. The molecular weight excluding hydrogens is 522 g/mol. The van der Waals surface area contributed by atoms with Crippen molar-refractivity contribution in [3.8, 4) is 28.5 Å². The Bertz CT molecular complexity index is 1740. The molecule has 0 radical (unpaired) electrons. The molecule has 1 N–H and O–H groups in total. The Morgan fingerprint density at radius 3 is 2.44 bits per heavy atom. The van der Waals surface area contributed by atoms with Crippen LogP contribution in [0.3, 0.4) is 0 Å². The summed E-state index contributed by atoms with van der Waals surface area (Å²) < 4.78 is 42.9. The molecule has 0 saturated carbocycles. The fraction of sp³-hybridized carbons (Fsp3) is 0.370. The summed E-state index contributed by atoms with van der Waals surface area (Å²) in [6.07, 6.45) is 1.18. The van der Waals surface area contributed by atoms with Gasteiger partial charge in [-0.3, -0.25) is 4.79 Å². The van der Waals surface area contributed by atoms with Crippen LogP contribution in [0.25, 0.3) is 33.2 Å². The highest BCUT2D eigenvalue weighted by Gasteiger charge is 2.32. The molecule has 0 aliphatic carbocycles. The first-order valence-corrected chi connectivity index (χ1v) is 14.5. The van der Waals surface area contributed by atoms with Gasteiger partial charge in [0.05, 0.1) is 30.0 Å². The number of rotatable bonds is 4. The number of hydrogen-bond acceptors (Lipinski definition) is 8. The van der Waals surface area contributed by atoms with Gasteiger partial charge in [0.1, 0.15) is 30.4 Å². The van der Waals surface area contributed by atoms with Crippen molar-refractivity contribution in [2.24, 2.45) is 0 Å². The zero-order valence-electron chi connectivity index (χ0n) is 22.2. The number of piperazine rings is 1. The maximum Gasteiger partial charge on any atom is 0.257 e. The minimum atomic E-state index is -3.30. The van der Waals surface area contributed by atoms with Crippen LogP contribution in [-0.4, -0.2) is 91.2 Å². The van der Waals surface area contributed by atoms with Crippen molar-refractivity contribution < 1.29 is 27.4 Å². The van der Waals surface area contributed by atoms with E-state index < -0.39 is 10.0 Å². The van der Waals surface area contributed by atoms with E-state index in [2.05, 4.69) is 9.97 Å². The zero-order chi connectivity index (χ0) is 27.5. The maximum absolute atomic E-state index is 13.6. The van der Waals surface area contributed by atoms with Crippen LogP contribution >= 0.6 is 0 Å². The van der Waals surface area contributed by atoms with Crippen molar-refractivity contribution in [3.05, 3.63) is 41.2 Å². The lowest BCUT2D eigenvalue weighted by Crippen LogP contribution is -2.50. The standard InChI is InChI=1S/C27H29N5O6S/c1-15-13-20-19(14-21(15)36-3)22-23(28-16(2)29-26(22)30-20)17-5-6-18(25-24(17)37-11-12-38-25)27(33)31-7-9-32(10-8-31)39(4,34)35/h5-6,13-14H,7-12H2,1-4H3,(H,28,29,30). The molecular formula is C27H29N5O6S. The van der Waals surface area contributed by atoms with Gasteiger partial charge in [-0.25, -0.2) is 18.4 Å². The molecule has 39 heavy (non-hydrogen) atoms. The highest BCUT2D eigenvalue weighted by molar-refractivity contribution is 7.88. The topological polar surface area (TPSA) is 127 Å². The van der Waals surface area contributed by atoms with Crippen LogP contribution in [0.2, 0.25) is 0 Å². The molecule has 1 saturated heterocycles. The summed E-state index contributed by atoms with van der Waals surface area (Å²) in [5.41, 5.74) is 4.33. The molecule has 0 spiro atoms. The number of sulfonamides is 1. The number of H-pyrrole nitrogens is 1. The number of carbonyl (C=O) groups excluding carboxylic acids is 1. The third-order valence-electron chi connectivity index (χ3n) is 7.25. The summed E-state index contributed by atoms with van der Waals surface area (Å²) >= 11 is 0. The van der Waals surface area contributed by atoms with E-state index >= 15 is 0 Å². The summed E-state index contributed by atoms with van der Waals surface area (Å²) in [5, 5.41) is 1.73. The lowest BCUT2D eigenvalue weighted by molar-refractivity contribution is 0.0688. The van der Waals surface area contributed by atoms with E-state index in [9.17, 15) is 13.2 Å². The Labute approximate surface area is 225 Å². The van der Waals surface area contributed by atoms with Crippen LogP contribution < -0.4 is 14.2 Å². The molecule has 2 aliphatic rings. The van der Waals surface area contributed by atoms with Crippen LogP contribution in [0.15, 0.2) is 24.3 Å². The van der Waals surface area contributed by atoms with Crippen LogP contribution in [0.5, 0.6) is 17.2 Å².